The van der Waals surface area contributed by atoms with Crippen LogP contribution < -0.4 is 5.30 Å². The minimum Gasteiger partial charge on any atom is -0.269 e. The third-order valence-corrected chi connectivity index (χ3v) is 1.64. The van der Waals surface area contributed by atoms with Gasteiger partial charge in [-0.3, -0.25) is 4.57 Å². The number of hydrogen-bond acceptors (Lipinski definition) is 1. The molecule has 0 aliphatic rings. The van der Waals surface area contributed by atoms with Gasteiger partial charge in [0.25, 0.3) is 0 Å². The average Bonchev–Trinajstić information content (AvgIpc) is 1.88. The van der Waals surface area contributed by atoms with Crippen molar-refractivity contribution in [1.29, 1.82) is 0 Å². The molecule has 0 saturated carbocycles. The Hall–Kier alpha value is -0.390. The van der Waals surface area contributed by atoms with E-state index in [0.717, 1.165) is 0 Å². The molecule has 3 heteroatoms. The molecular formula is C6H4ClOP. The zero-order chi connectivity index (χ0) is 6.69. The average molecular weight is 159 g/mol. The van der Waals surface area contributed by atoms with Crippen molar-refractivity contribution in [3.63, 3.8) is 0 Å². The van der Waals surface area contributed by atoms with Crippen molar-refractivity contribution in [2.45, 2.75) is 0 Å². The maximum Gasteiger partial charge on any atom is 0.192 e. The first kappa shape index (κ1) is 6.73. The summed E-state index contributed by atoms with van der Waals surface area (Å²) in [5.41, 5.74) is 0. The summed E-state index contributed by atoms with van der Waals surface area (Å²) in [4.78, 5) is 0. The van der Waals surface area contributed by atoms with Gasteiger partial charge in [0.1, 0.15) is 0 Å². The van der Waals surface area contributed by atoms with Crippen LogP contribution in [0.4, 0.5) is 0 Å². The van der Waals surface area contributed by atoms with E-state index in [4.69, 9.17) is 11.6 Å². The molecule has 0 saturated heterocycles. The Morgan fingerprint density at radius 2 is 2.22 bits per heavy atom. The van der Waals surface area contributed by atoms with Gasteiger partial charge in [0.2, 0.25) is 0 Å². The SMILES string of the molecule is O=Pc1cccc(Cl)c1. The lowest BCUT2D eigenvalue weighted by Crippen LogP contribution is -1.86. The summed E-state index contributed by atoms with van der Waals surface area (Å²) in [5.74, 6) is 0. The Morgan fingerprint density at radius 1 is 1.44 bits per heavy atom. The molecule has 46 valence electrons. The predicted molar refractivity (Wildman–Crippen MR) is 38.7 cm³/mol. The van der Waals surface area contributed by atoms with Gasteiger partial charge in [0, 0.05) is 10.3 Å². The minimum atomic E-state index is 0.0202. The molecule has 1 aromatic rings. The number of benzene rings is 1. The fourth-order valence-corrected chi connectivity index (χ4v) is 1.14. The summed E-state index contributed by atoms with van der Waals surface area (Å²) in [6.07, 6.45) is 0. The Balaban J connectivity index is 3.07. The van der Waals surface area contributed by atoms with E-state index in [-0.39, 0.29) is 8.46 Å². The molecule has 0 bridgehead atoms. The lowest BCUT2D eigenvalue weighted by molar-refractivity contribution is 0.603. The molecule has 9 heavy (non-hydrogen) atoms. The Morgan fingerprint density at radius 3 is 2.67 bits per heavy atom. The van der Waals surface area contributed by atoms with E-state index in [1.807, 2.05) is 0 Å². The van der Waals surface area contributed by atoms with Crippen molar-refractivity contribution in [3.05, 3.63) is 29.3 Å². The fraction of sp³-hybridized carbons (Fsp3) is 0. The number of hydrogen-bond donors (Lipinski definition) is 0. The standard InChI is InChI=1S/C6H4ClOP/c7-5-2-1-3-6(4-5)9-8/h1-4H. The van der Waals surface area contributed by atoms with E-state index in [1.165, 1.54) is 0 Å². The molecule has 0 unspecified atom stereocenters. The number of rotatable bonds is 1. The molecule has 0 atom stereocenters. The Bertz CT molecular complexity index is 224. The molecule has 0 aliphatic carbocycles. The van der Waals surface area contributed by atoms with Crippen LogP contribution in [0.15, 0.2) is 24.3 Å². The first-order valence-corrected chi connectivity index (χ1v) is 3.61. The molecular weight excluding hydrogens is 154 g/mol. The van der Waals surface area contributed by atoms with Gasteiger partial charge in [-0.1, -0.05) is 17.7 Å². The van der Waals surface area contributed by atoms with Crippen LogP contribution in [-0.2, 0) is 4.57 Å². The quantitative estimate of drug-likeness (QED) is 0.573. The highest BCUT2D eigenvalue weighted by atomic mass is 35.5. The van der Waals surface area contributed by atoms with Crippen molar-refractivity contribution in [3.8, 4) is 0 Å². The highest BCUT2D eigenvalue weighted by Crippen LogP contribution is 2.06. The van der Waals surface area contributed by atoms with Crippen LogP contribution in [0.2, 0.25) is 5.02 Å². The molecule has 0 heterocycles. The zero-order valence-electron chi connectivity index (χ0n) is 4.54. The fourth-order valence-electron chi connectivity index (χ4n) is 0.533. The molecule has 0 amide bonds. The lowest BCUT2D eigenvalue weighted by Gasteiger charge is -1.86. The topological polar surface area (TPSA) is 17.1 Å². The Labute approximate surface area is 59.9 Å². The molecule has 1 nitrogen and oxygen atoms in total. The third-order valence-electron chi connectivity index (χ3n) is 0.914. The minimum absolute atomic E-state index is 0.0202. The Kier molecular flexibility index (Phi) is 2.21. The summed E-state index contributed by atoms with van der Waals surface area (Å²) in [7, 11) is 0.0202. The van der Waals surface area contributed by atoms with Gasteiger partial charge in [-0.2, -0.15) is 0 Å². The molecule has 0 fully saturated rings. The maximum absolute atomic E-state index is 10.2. The second-order valence-electron chi connectivity index (χ2n) is 1.57. The van der Waals surface area contributed by atoms with Crippen molar-refractivity contribution in [1.82, 2.24) is 0 Å². The predicted octanol–water partition coefficient (Wildman–Crippen LogP) is 2.26. The monoisotopic (exact) mass is 158 g/mol. The highest BCUT2D eigenvalue weighted by Gasteiger charge is 1.89. The van der Waals surface area contributed by atoms with Crippen molar-refractivity contribution in [2.24, 2.45) is 0 Å². The van der Waals surface area contributed by atoms with Gasteiger partial charge in [-0.15, -0.1) is 0 Å². The smallest absolute Gasteiger partial charge is 0.192 e. The van der Waals surface area contributed by atoms with E-state index in [1.54, 1.807) is 24.3 Å². The van der Waals surface area contributed by atoms with E-state index >= 15 is 0 Å². The number of halogens is 1. The molecule has 1 aromatic carbocycles. The van der Waals surface area contributed by atoms with Crippen LogP contribution in [0.5, 0.6) is 0 Å². The molecule has 0 aliphatic heterocycles. The van der Waals surface area contributed by atoms with Crippen LogP contribution in [0.1, 0.15) is 0 Å². The maximum atomic E-state index is 10.2. The molecule has 0 N–H and O–H groups in total. The molecule has 1 rings (SSSR count). The van der Waals surface area contributed by atoms with Crippen LogP contribution >= 0.6 is 20.1 Å². The van der Waals surface area contributed by atoms with E-state index in [9.17, 15) is 4.57 Å². The van der Waals surface area contributed by atoms with Gasteiger partial charge in [0.05, 0.1) is 0 Å². The van der Waals surface area contributed by atoms with Crippen LogP contribution in [-0.4, -0.2) is 0 Å². The lowest BCUT2D eigenvalue weighted by atomic mass is 10.4. The first-order valence-electron chi connectivity index (χ1n) is 2.42. The molecule has 0 spiro atoms. The second-order valence-corrected chi connectivity index (χ2v) is 2.71. The highest BCUT2D eigenvalue weighted by molar-refractivity contribution is 7.34. The molecule has 0 radical (unpaired) electrons. The summed E-state index contributed by atoms with van der Waals surface area (Å²) in [5, 5.41) is 1.33. The molecule has 0 aromatic heterocycles. The summed E-state index contributed by atoms with van der Waals surface area (Å²) < 4.78 is 10.2. The summed E-state index contributed by atoms with van der Waals surface area (Å²) in [6, 6.07) is 6.93. The first-order chi connectivity index (χ1) is 4.33. The largest absolute Gasteiger partial charge is 0.269 e. The van der Waals surface area contributed by atoms with Gasteiger partial charge < -0.3 is 0 Å². The van der Waals surface area contributed by atoms with E-state index in [0.29, 0.717) is 10.3 Å². The van der Waals surface area contributed by atoms with Crippen molar-refractivity contribution >= 4 is 25.4 Å². The van der Waals surface area contributed by atoms with Gasteiger partial charge in [-0.05, 0) is 18.2 Å². The van der Waals surface area contributed by atoms with Gasteiger partial charge in [-0.25, -0.2) is 0 Å². The van der Waals surface area contributed by atoms with Gasteiger partial charge >= 0.3 is 0 Å². The van der Waals surface area contributed by atoms with E-state index in [2.05, 4.69) is 0 Å². The van der Waals surface area contributed by atoms with Gasteiger partial charge in [0.15, 0.2) is 8.46 Å². The van der Waals surface area contributed by atoms with Crippen LogP contribution in [0, 0.1) is 0 Å². The summed E-state index contributed by atoms with van der Waals surface area (Å²) in [6.45, 7) is 0. The summed E-state index contributed by atoms with van der Waals surface area (Å²) >= 11 is 5.58. The second kappa shape index (κ2) is 2.95. The van der Waals surface area contributed by atoms with Crippen LogP contribution in [0.3, 0.4) is 0 Å². The zero-order valence-corrected chi connectivity index (χ0v) is 6.19. The van der Waals surface area contributed by atoms with E-state index < -0.39 is 0 Å². The van der Waals surface area contributed by atoms with Crippen molar-refractivity contribution in [2.75, 3.05) is 0 Å². The van der Waals surface area contributed by atoms with Crippen molar-refractivity contribution < 1.29 is 4.57 Å². The third kappa shape index (κ3) is 1.78. The van der Waals surface area contributed by atoms with Crippen LogP contribution in [0.25, 0.3) is 0 Å². The normalized spacial score (nSPS) is 9.89.